The van der Waals surface area contributed by atoms with Gasteiger partial charge in [0.1, 0.15) is 11.5 Å². The first kappa shape index (κ1) is 13.2. The molecular formula is C14H14F3N3. The lowest BCUT2D eigenvalue weighted by Crippen LogP contribution is -2.19. The molecule has 106 valence electrons. The minimum atomic E-state index is -4.37. The smallest absolute Gasteiger partial charge is 0.337 e. The van der Waals surface area contributed by atoms with Gasteiger partial charge in [0.05, 0.1) is 12.7 Å². The van der Waals surface area contributed by atoms with Crippen LogP contribution in [-0.2, 0) is 19.1 Å². The van der Waals surface area contributed by atoms with Crippen LogP contribution < -0.4 is 5.32 Å². The Balaban J connectivity index is 1.65. The zero-order valence-electron chi connectivity index (χ0n) is 10.7. The Morgan fingerprint density at radius 2 is 2.10 bits per heavy atom. The summed E-state index contributed by atoms with van der Waals surface area (Å²) in [5.74, 6) is 0.307. The number of alkyl halides is 3. The molecule has 0 bridgehead atoms. The third-order valence-corrected chi connectivity index (χ3v) is 3.58. The van der Waals surface area contributed by atoms with Crippen molar-refractivity contribution < 1.29 is 13.2 Å². The number of aromatic amines is 1. The van der Waals surface area contributed by atoms with E-state index in [1.54, 1.807) is 0 Å². The molecule has 1 aliphatic rings. The summed E-state index contributed by atoms with van der Waals surface area (Å²) < 4.78 is 37.3. The van der Waals surface area contributed by atoms with Crippen LogP contribution in [0.15, 0.2) is 30.5 Å². The Morgan fingerprint density at radius 1 is 1.30 bits per heavy atom. The average Bonchev–Trinajstić information content (AvgIpc) is 3.02. The third kappa shape index (κ3) is 2.56. The molecule has 0 amide bonds. The molecule has 6 heteroatoms. The fourth-order valence-corrected chi connectivity index (χ4v) is 2.59. The number of H-pyrrole nitrogens is 1. The van der Waals surface area contributed by atoms with E-state index >= 15 is 0 Å². The predicted octanol–water partition coefficient (Wildman–Crippen LogP) is 3.21. The van der Waals surface area contributed by atoms with Gasteiger partial charge in [-0.1, -0.05) is 24.3 Å². The number of rotatable bonds is 3. The molecule has 3 rings (SSSR count). The number of aromatic nitrogens is 2. The largest absolute Gasteiger partial charge is 0.432 e. The van der Waals surface area contributed by atoms with Crippen molar-refractivity contribution in [2.75, 3.05) is 0 Å². The van der Waals surface area contributed by atoms with E-state index in [-0.39, 0.29) is 6.04 Å². The van der Waals surface area contributed by atoms with Gasteiger partial charge in [-0.25, -0.2) is 4.98 Å². The van der Waals surface area contributed by atoms with Crippen molar-refractivity contribution in [3.8, 4) is 0 Å². The molecule has 20 heavy (non-hydrogen) atoms. The van der Waals surface area contributed by atoms with E-state index in [2.05, 4.69) is 27.4 Å². The molecular weight excluding hydrogens is 267 g/mol. The van der Waals surface area contributed by atoms with E-state index in [9.17, 15) is 13.2 Å². The number of benzene rings is 1. The topological polar surface area (TPSA) is 40.7 Å². The van der Waals surface area contributed by atoms with E-state index in [0.717, 1.165) is 19.0 Å². The highest BCUT2D eigenvalue weighted by Crippen LogP contribution is 2.31. The fraction of sp³-hybridized carbons (Fsp3) is 0.357. The van der Waals surface area contributed by atoms with E-state index in [0.29, 0.717) is 12.4 Å². The molecule has 0 saturated carbocycles. The molecule has 0 fully saturated rings. The molecule has 2 N–H and O–H groups in total. The first-order valence-electron chi connectivity index (χ1n) is 6.46. The summed E-state index contributed by atoms with van der Waals surface area (Å²) in [6.45, 7) is 0.301. The maximum absolute atomic E-state index is 12.4. The van der Waals surface area contributed by atoms with E-state index in [4.69, 9.17) is 0 Å². The van der Waals surface area contributed by atoms with Gasteiger partial charge in [0.15, 0.2) is 0 Å². The van der Waals surface area contributed by atoms with Crippen LogP contribution in [0.4, 0.5) is 13.2 Å². The molecule has 1 aromatic heterocycles. The summed E-state index contributed by atoms with van der Waals surface area (Å²) in [6, 6.07) is 8.32. The van der Waals surface area contributed by atoms with Gasteiger partial charge in [-0.15, -0.1) is 0 Å². The van der Waals surface area contributed by atoms with Gasteiger partial charge in [0.25, 0.3) is 0 Å². The van der Waals surface area contributed by atoms with Crippen molar-refractivity contribution in [2.45, 2.75) is 31.6 Å². The fourth-order valence-electron chi connectivity index (χ4n) is 2.59. The van der Waals surface area contributed by atoms with E-state index in [1.165, 1.54) is 11.1 Å². The van der Waals surface area contributed by atoms with Crippen molar-refractivity contribution in [1.29, 1.82) is 0 Å². The van der Waals surface area contributed by atoms with Crippen LogP contribution in [0.1, 0.15) is 35.1 Å². The standard InChI is InChI=1S/C14H14F3N3/c15-14(16,17)12-7-19-13(20-12)8-18-11-6-5-9-3-1-2-4-10(9)11/h1-4,7,11,18H,5-6,8H2,(H,19,20). The van der Waals surface area contributed by atoms with Crippen LogP contribution in [-0.4, -0.2) is 9.97 Å². The highest BCUT2D eigenvalue weighted by molar-refractivity contribution is 5.34. The molecule has 0 saturated heterocycles. The predicted molar refractivity (Wildman–Crippen MR) is 67.9 cm³/mol. The lowest BCUT2D eigenvalue weighted by atomic mass is 10.1. The summed E-state index contributed by atoms with van der Waals surface area (Å²) in [4.78, 5) is 6.06. The minimum absolute atomic E-state index is 0.186. The lowest BCUT2D eigenvalue weighted by Gasteiger charge is -2.12. The number of aryl methyl sites for hydroxylation is 1. The van der Waals surface area contributed by atoms with Gasteiger partial charge in [-0.3, -0.25) is 0 Å². The Kier molecular flexibility index (Phi) is 3.25. The van der Waals surface area contributed by atoms with Crippen LogP contribution >= 0.6 is 0 Å². The van der Waals surface area contributed by atoms with E-state index in [1.807, 2.05) is 12.1 Å². The third-order valence-electron chi connectivity index (χ3n) is 3.58. The summed E-state index contributed by atoms with van der Waals surface area (Å²) >= 11 is 0. The van der Waals surface area contributed by atoms with Crippen molar-refractivity contribution in [1.82, 2.24) is 15.3 Å². The van der Waals surface area contributed by atoms with Crippen LogP contribution in [0, 0.1) is 0 Å². The van der Waals surface area contributed by atoms with Crippen LogP contribution in [0.3, 0.4) is 0 Å². The molecule has 0 aliphatic heterocycles. The molecule has 0 radical (unpaired) electrons. The van der Waals surface area contributed by atoms with Gasteiger partial charge >= 0.3 is 6.18 Å². The Hall–Kier alpha value is -1.82. The minimum Gasteiger partial charge on any atom is -0.337 e. The molecule has 3 nitrogen and oxygen atoms in total. The second-order valence-corrected chi connectivity index (χ2v) is 4.91. The summed E-state index contributed by atoms with van der Waals surface area (Å²) in [7, 11) is 0. The first-order valence-corrected chi connectivity index (χ1v) is 6.46. The van der Waals surface area contributed by atoms with Gasteiger partial charge < -0.3 is 10.3 Å². The lowest BCUT2D eigenvalue weighted by molar-refractivity contribution is -0.140. The highest BCUT2D eigenvalue weighted by atomic mass is 19.4. The van der Waals surface area contributed by atoms with Crippen molar-refractivity contribution in [2.24, 2.45) is 0 Å². The molecule has 1 aromatic carbocycles. The van der Waals surface area contributed by atoms with E-state index < -0.39 is 11.9 Å². The Labute approximate surface area is 114 Å². The molecule has 1 aliphatic carbocycles. The highest BCUT2D eigenvalue weighted by Gasteiger charge is 2.33. The molecule has 1 heterocycles. The molecule has 2 aromatic rings. The number of nitrogens with zero attached hydrogens (tertiary/aromatic N) is 1. The zero-order valence-corrected chi connectivity index (χ0v) is 10.7. The monoisotopic (exact) mass is 281 g/mol. The number of hydrogen-bond donors (Lipinski definition) is 2. The molecule has 1 atom stereocenters. The second kappa shape index (κ2) is 4.94. The van der Waals surface area contributed by atoms with Gasteiger partial charge in [0.2, 0.25) is 0 Å². The first-order chi connectivity index (χ1) is 9.54. The van der Waals surface area contributed by atoms with Gasteiger partial charge in [0, 0.05) is 6.04 Å². The molecule has 1 unspecified atom stereocenters. The maximum atomic E-state index is 12.4. The normalized spacial score (nSPS) is 18.2. The SMILES string of the molecule is FC(F)(F)c1cnc(CNC2CCc3ccccc32)[nH]1. The number of fused-ring (bicyclic) bond motifs is 1. The number of hydrogen-bond acceptors (Lipinski definition) is 2. The average molecular weight is 281 g/mol. The maximum Gasteiger partial charge on any atom is 0.432 e. The van der Waals surface area contributed by atoms with Crippen LogP contribution in [0.5, 0.6) is 0 Å². The van der Waals surface area contributed by atoms with Crippen LogP contribution in [0.25, 0.3) is 0 Å². The zero-order chi connectivity index (χ0) is 14.2. The Bertz CT molecular complexity index is 604. The van der Waals surface area contributed by atoms with Gasteiger partial charge in [-0.05, 0) is 24.0 Å². The van der Waals surface area contributed by atoms with Crippen molar-refractivity contribution in [3.63, 3.8) is 0 Å². The second-order valence-electron chi connectivity index (χ2n) is 4.91. The quantitative estimate of drug-likeness (QED) is 0.907. The van der Waals surface area contributed by atoms with Crippen molar-refractivity contribution >= 4 is 0 Å². The number of halogens is 3. The summed E-state index contributed by atoms with van der Waals surface area (Å²) in [6.07, 6.45) is -1.57. The Morgan fingerprint density at radius 3 is 2.85 bits per heavy atom. The van der Waals surface area contributed by atoms with Crippen LogP contribution in [0.2, 0.25) is 0 Å². The van der Waals surface area contributed by atoms with Crippen molar-refractivity contribution in [3.05, 3.63) is 53.1 Å². The number of nitrogens with one attached hydrogen (secondary N) is 2. The summed E-state index contributed by atoms with van der Waals surface area (Å²) in [5, 5.41) is 3.26. The molecule has 0 spiro atoms. The number of imidazole rings is 1. The van der Waals surface area contributed by atoms with Gasteiger partial charge in [-0.2, -0.15) is 13.2 Å². The summed E-state index contributed by atoms with van der Waals surface area (Å²) in [5.41, 5.74) is 1.73.